The van der Waals surface area contributed by atoms with Gasteiger partial charge in [0.1, 0.15) is 6.10 Å². The molecule has 0 fully saturated rings. The number of ether oxygens (including phenoxy) is 2. The van der Waals surface area contributed by atoms with Gasteiger partial charge >= 0.3 is 5.97 Å². The zero-order valence-electron chi connectivity index (χ0n) is 21.1. The summed E-state index contributed by atoms with van der Waals surface area (Å²) >= 11 is 6.01. The average Bonchev–Trinajstić information content (AvgIpc) is 3.22. The van der Waals surface area contributed by atoms with Gasteiger partial charge in [-0.3, -0.25) is 9.78 Å². The average molecular weight is 506 g/mol. The maximum atomic E-state index is 12.7. The molecule has 190 valence electrons. The molecule has 9 nitrogen and oxygen atoms in total. The number of aromatic nitrogens is 1. The van der Waals surface area contributed by atoms with Crippen LogP contribution < -0.4 is 10.3 Å². The number of rotatable bonds is 10. The second-order valence-electron chi connectivity index (χ2n) is 9.83. The van der Waals surface area contributed by atoms with Crippen molar-refractivity contribution in [1.29, 1.82) is 0 Å². The molecule has 1 aromatic carbocycles. The van der Waals surface area contributed by atoms with Gasteiger partial charge in [0.2, 0.25) is 0 Å². The molecule has 2 atom stereocenters. The van der Waals surface area contributed by atoms with Crippen molar-refractivity contribution in [2.45, 2.75) is 65.7 Å². The van der Waals surface area contributed by atoms with Crippen LogP contribution in [0.15, 0.2) is 30.5 Å². The van der Waals surface area contributed by atoms with Crippen molar-refractivity contribution < 1.29 is 24.1 Å². The molecule has 1 unspecified atom stereocenters. The monoisotopic (exact) mass is 505 g/mol. The number of benzene rings is 1. The van der Waals surface area contributed by atoms with Gasteiger partial charge in [0, 0.05) is 34.4 Å². The lowest BCUT2D eigenvalue weighted by atomic mass is 10.00. The maximum Gasteiger partial charge on any atom is 0.311 e. The summed E-state index contributed by atoms with van der Waals surface area (Å²) in [7, 11) is 1.67. The number of halogens is 1. The molecule has 0 bridgehead atoms. The second-order valence-corrected chi connectivity index (χ2v) is 10.3. The van der Waals surface area contributed by atoms with Crippen LogP contribution in [0.4, 0.5) is 0 Å². The fraction of sp³-hybridized carbons (Fsp3) is 0.520. The third kappa shape index (κ3) is 6.90. The van der Waals surface area contributed by atoms with Gasteiger partial charge in [-0.1, -0.05) is 30.7 Å². The van der Waals surface area contributed by atoms with Crippen molar-refractivity contribution in [2.75, 3.05) is 13.7 Å². The molecule has 0 radical (unpaired) electrons. The van der Waals surface area contributed by atoms with E-state index in [9.17, 15) is 9.70 Å². The highest BCUT2D eigenvalue weighted by Gasteiger charge is 2.31. The van der Waals surface area contributed by atoms with Crippen molar-refractivity contribution in [1.82, 2.24) is 15.6 Å². The largest absolute Gasteiger partial charge is 0.424 e. The van der Waals surface area contributed by atoms with E-state index in [1.807, 2.05) is 58.9 Å². The number of carbonyl (C=O) groups excluding carboxylic acids is 1. The van der Waals surface area contributed by atoms with Crippen LogP contribution in [0.2, 0.25) is 5.02 Å². The molecule has 10 heteroatoms. The summed E-state index contributed by atoms with van der Waals surface area (Å²) in [6.45, 7) is 10.1. The predicted octanol–water partition coefficient (Wildman–Crippen LogP) is 4.85. The Hall–Kier alpha value is -2.75. The second kappa shape index (κ2) is 11.3. The van der Waals surface area contributed by atoms with E-state index in [0.717, 1.165) is 16.7 Å². The van der Waals surface area contributed by atoms with E-state index >= 15 is 0 Å². The predicted molar refractivity (Wildman–Crippen MR) is 131 cm³/mol. The number of carbonyl (C=O) groups is 1. The van der Waals surface area contributed by atoms with Gasteiger partial charge in [-0.05, 0) is 57.7 Å². The van der Waals surface area contributed by atoms with Gasteiger partial charge < -0.3 is 9.47 Å². The molecule has 35 heavy (non-hydrogen) atoms. The highest BCUT2D eigenvalue weighted by atomic mass is 35.5. The Morgan fingerprint density at radius 2 is 2.03 bits per heavy atom. The first kappa shape index (κ1) is 26.8. The Kier molecular flexibility index (Phi) is 8.69. The van der Waals surface area contributed by atoms with E-state index in [4.69, 9.17) is 25.9 Å². The van der Waals surface area contributed by atoms with Crippen molar-refractivity contribution >= 4 is 17.6 Å². The lowest BCUT2D eigenvalue weighted by Crippen LogP contribution is -2.49. The summed E-state index contributed by atoms with van der Waals surface area (Å²) in [5.41, 5.74) is 5.32. The normalized spacial score (nSPS) is 15.9. The molecular weight excluding hydrogens is 472 g/mol. The number of hydrogen-bond acceptors (Lipinski definition) is 6. The summed E-state index contributed by atoms with van der Waals surface area (Å²) < 4.78 is 11.8. The third-order valence-electron chi connectivity index (χ3n) is 6.03. The number of nitroso groups, excluding NO2 is 1. The van der Waals surface area contributed by atoms with E-state index in [1.165, 1.54) is 5.01 Å². The molecule has 1 N–H and O–H groups in total. The molecular formula is C25H34ClN4O5+. The first-order valence-electron chi connectivity index (χ1n) is 11.6. The van der Waals surface area contributed by atoms with Crippen molar-refractivity contribution in [2.24, 2.45) is 5.92 Å². The van der Waals surface area contributed by atoms with Gasteiger partial charge in [0.05, 0.1) is 36.4 Å². The number of hydrazine groups is 2. The molecule has 3 rings (SSSR count). The number of fused-ring (bicyclic) bond motifs is 1. The number of nitrogens with zero attached hydrogens (tertiary/aromatic N) is 3. The Bertz CT molecular complexity index is 1060. The van der Waals surface area contributed by atoms with Crippen LogP contribution >= 0.6 is 11.6 Å². The quantitative estimate of drug-likeness (QED) is 0.212. The van der Waals surface area contributed by atoms with Crippen molar-refractivity contribution in [3.8, 4) is 5.75 Å². The van der Waals surface area contributed by atoms with Crippen molar-refractivity contribution in [3.63, 3.8) is 0 Å². The number of nitrogens with one attached hydrogen (secondary N) is 1. The highest BCUT2D eigenvalue weighted by Crippen LogP contribution is 2.41. The molecule has 0 amide bonds. The van der Waals surface area contributed by atoms with Gasteiger partial charge in [-0.25, -0.2) is 4.84 Å². The number of esters is 1. The fourth-order valence-electron chi connectivity index (χ4n) is 3.57. The summed E-state index contributed by atoms with van der Waals surface area (Å²) in [6, 6.07) is 7.47. The minimum absolute atomic E-state index is 0.00663. The lowest BCUT2D eigenvalue weighted by molar-refractivity contribution is -0.795. The number of hydrogen-bond donors (Lipinski definition) is 1. The first-order valence-corrected chi connectivity index (χ1v) is 12.0. The van der Waals surface area contributed by atoms with Crippen LogP contribution in [0.5, 0.6) is 5.75 Å². The molecule has 2 aromatic rings. The van der Waals surface area contributed by atoms with Crippen molar-refractivity contribution in [3.05, 3.63) is 62.8 Å². The summed E-state index contributed by atoms with van der Waals surface area (Å²) in [5.74, 6) is 0.103. The van der Waals surface area contributed by atoms with Crippen LogP contribution in [0.3, 0.4) is 0 Å². The standard InChI is InChI=1S/C25H34ClN4O5/c1-16(11-12-34-28-30(32)29(6)25(3,4)5)13-22(31)35-23-17(2)27-14-20-21(23)15-33-24(20)18-7-9-19(26)10-8-18/h7-10,14,16,24H,11-13,15H2,1-6H3,(H,28,32)/q+1/t16?,24-/m0/s1. The van der Waals surface area contributed by atoms with Gasteiger partial charge in [-0.2, -0.15) is 0 Å². The molecule has 1 aliphatic rings. The Morgan fingerprint density at radius 3 is 2.69 bits per heavy atom. The third-order valence-corrected chi connectivity index (χ3v) is 6.28. The molecule has 0 spiro atoms. The van der Waals surface area contributed by atoms with E-state index in [1.54, 1.807) is 13.2 Å². The summed E-state index contributed by atoms with van der Waals surface area (Å²) in [5, 5.41) is 2.13. The Labute approximate surface area is 211 Å². The van der Waals surface area contributed by atoms with E-state index in [2.05, 4.69) is 10.6 Å². The van der Waals surface area contributed by atoms with Gasteiger partial charge in [0.15, 0.2) is 5.75 Å². The van der Waals surface area contributed by atoms with E-state index < -0.39 is 0 Å². The van der Waals surface area contributed by atoms with Crippen LogP contribution in [0.1, 0.15) is 69.0 Å². The molecule has 1 aromatic heterocycles. The van der Waals surface area contributed by atoms with Crippen LogP contribution in [0.25, 0.3) is 0 Å². The Morgan fingerprint density at radius 1 is 1.34 bits per heavy atom. The summed E-state index contributed by atoms with van der Waals surface area (Å²) in [4.78, 5) is 34.9. The lowest BCUT2D eigenvalue weighted by Gasteiger charge is -2.22. The molecule has 0 saturated carbocycles. The molecule has 0 saturated heterocycles. The molecule has 0 aliphatic carbocycles. The zero-order valence-corrected chi connectivity index (χ0v) is 21.9. The van der Waals surface area contributed by atoms with Crippen LogP contribution in [-0.4, -0.2) is 40.1 Å². The first-order chi connectivity index (χ1) is 16.5. The fourth-order valence-corrected chi connectivity index (χ4v) is 3.70. The van der Waals surface area contributed by atoms with E-state index in [-0.39, 0.29) is 36.6 Å². The van der Waals surface area contributed by atoms with E-state index in [0.29, 0.717) is 34.5 Å². The number of pyridine rings is 1. The molecule has 2 heterocycles. The Balaban J connectivity index is 1.53. The smallest absolute Gasteiger partial charge is 0.311 e. The minimum atomic E-state index is -0.350. The maximum absolute atomic E-state index is 12.7. The SMILES string of the molecule is Cc1ncc2c(c1OC(=O)CC(C)CCON[N+](=O)N(C)C(C)(C)C)CO[C@H]2c1ccc(Cl)cc1. The minimum Gasteiger partial charge on any atom is -0.424 e. The van der Waals surface area contributed by atoms with Crippen LogP contribution in [-0.2, 0) is 21.0 Å². The molecule has 1 aliphatic heterocycles. The zero-order chi connectivity index (χ0) is 25.8. The van der Waals surface area contributed by atoms with Gasteiger partial charge in [-0.15, -0.1) is 5.01 Å². The van der Waals surface area contributed by atoms with Crippen LogP contribution in [0, 0.1) is 17.7 Å². The number of aryl methyl sites for hydroxylation is 1. The summed E-state index contributed by atoms with van der Waals surface area (Å²) in [6.07, 6.45) is 2.27. The topological polar surface area (TPSA) is 93.0 Å². The highest BCUT2D eigenvalue weighted by molar-refractivity contribution is 6.30. The van der Waals surface area contributed by atoms with Gasteiger partial charge in [0.25, 0.3) is 4.98 Å².